The summed E-state index contributed by atoms with van der Waals surface area (Å²) < 4.78 is 0. The summed E-state index contributed by atoms with van der Waals surface area (Å²) in [7, 11) is 0. The highest BCUT2D eigenvalue weighted by atomic mass is 16.2. The van der Waals surface area contributed by atoms with E-state index >= 15 is 0 Å². The lowest BCUT2D eigenvalue weighted by atomic mass is 10.1. The number of carbonyl (C=O) groups is 2. The van der Waals surface area contributed by atoms with Gasteiger partial charge in [0.2, 0.25) is 11.5 Å². The minimum absolute atomic E-state index is 0.0229. The van der Waals surface area contributed by atoms with Crippen LogP contribution in [0.5, 0.6) is 0 Å². The first-order valence-corrected chi connectivity index (χ1v) is 9.46. The number of nitrogens with zero attached hydrogens (tertiary/aromatic N) is 1. The van der Waals surface area contributed by atoms with Crippen LogP contribution in [0.3, 0.4) is 0 Å². The maximum Gasteiger partial charge on any atom is 0.253 e. The number of aromatic nitrogens is 2. The number of ketones is 1. The molecule has 2 aromatic heterocycles. The molecule has 0 fully saturated rings. The van der Waals surface area contributed by atoms with E-state index in [0.717, 1.165) is 0 Å². The third kappa shape index (κ3) is 5.88. The van der Waals surface area contributed by atoms with E-state index in [1.54, 1.807) is 26.0 Å². The van der Waals surface area contributed by atoms with Gasteiger partial charge < -0.3 is 20.2 Å². The lowest BCUT2D eigenvalue weighted by Crippen LogP contribution is -2.43. The summed E-state index contributed by atoms with van der Waals surface area (Å²) in [5, 5.41) is 3.86. The Hall–Kier alpha value is -2.74. The average Bonchev–Trinajstić information content (AvgIpc) is 2.61. The molecule has 3 N–H and O–H groups in total. The zero-order chi connectivity index (χ0) is 20.8. The molecule has 28 heavy (non-hydrogen) atoms. The van der Waals surface area contributed by atoms with Crippen LogP contribution in [0.2, 0.25) is 0 Å². The van der Waals surface area contributed by atoms with E-state index in [2.05, 4.69) is 15.3 Å². The van der Waals surface area contributed by atoms with Gasteiger partial charge in [0, 0.05) is 42.1 Å². The number of hydrogen-bond donors (Lipinski definition) is 3. The van der Waals surface area contributed by atoms with Gasteiger partial charge in [-0.1, -0.05) is 27.7 Å². The molecule has 1 amide bonds. The number of rotatable bonds is 9. The fourth-order valence-corrected chi connectivity index (χ4v) is 2.71. The highest BCUT2D eigenvalue weighted by Crippen LogP contribution is 2.08. The molecule has 0 atom stereocenters. The number of aromatic amines is 2. The summed E-state index contributed by atoms with van der Waals surface area (Å²) in [6.07, 6.45) is -0.114. The van der Waals surface area contributed by atoms with Gasteiger partial charge >= 0.3 is 0 Å². The Morgan fingerprint density at radius 1 is 1.11 bits per heavy atom. The Labute approximate surface area is 163 Å². The van der Waals surface area contributed by atoms with Gasteiger partial charge in [-0.15, -0.1) is 0 Å². The predicted molar refractivity (Wildman–Crippen MR) is 108 cm³/mol. The van der Waals surface area contributed by atoms with Gasteiger partial charge in [0.1, 0.15) is 5.65 Å². The fraction of sp³-hybridized carbons (Fsp3) is 0.500. The van der Waals surface area contributed by atoms with Crippen LogP contribution < -0.4 is 16.4 Å². The first kappa shape index (κ1) is 21.6. The summed E-state index contributed by atoms with van der Waals surface area (Å²) in [5.41, 5.74) is -0.133. The number of H-pyrrole nitrogens is 2. The van der Waals surface area contributed by atoms with Crippen LogP contribution in [-0.4, -0.2) is 52.2 Å². The second-order valence-electron chi connectivity index (χ2n) is 7.50. The molecular weight excluding hydrogens is 360 g/mol. The summed E-state index contributed by atoms with van der Waals surface area (Å²) in [6.45, 7) is 8.57. The molecule has 0 unspecified atom stereocenters. The number of fused-ring (bicyclic) bond motifs is 1. The molecule has 152 valence electrons. The van der Waals surface area contributed by atoms with E-state index in [1.165, 1.54) is 11.0 Å². The molecule has 0 radical (unpaired) electrons. The SMILES string of the molecule is CC(C)NCCN(CC(=O)C(C)C)C(=O)Cc1cc2ccc(=O)[nH]c2[nH]c1=O. The van der Waals surface area contributed by atoms with Crippen molar-refractivity contribution >= 4 is 22.7 Å². The van der Waals surface area contributed by atoms with Gasteiger partial charge in [-0.2, -0.15) is 0 Å². The Bertz CT molecular complexity index is 959. The largest absolute Gasteiger partial charge is 0.334 e. The molecular formula is C20H28N4O4. The van der Waals surface area contributed by atoms with Crippen LogP contribution in [0.15, 0.2) is 27.8 Å². The normalized spacial score (nSPS) is 11.4. The van der Waals surface area contributed by atoms with Crippen molar-refractivity contribution in [3.63, 3.8) is 0 Å². The molecule has 0 spiro atoms. The zero-order valence-electron chi connectivity index (χ0n) is 16.8. The molecule has 2 rings (SSSR count). The van der Waals surface area contributed by atoms with Crippen LogP contribution in [0.4, 0.5) is 0 Å². The second kappa shape index (κ2) is 9.45. The second-order valence-corrected chi connectivity index (χ2v) is 7.50. The third-order valence-electron chi connectivity index (χ3n) is 4.43. The van der Waals surface area contributed by atoms with Crippen molar-refractivity contribution in [2.24, 2.45) is 5.92 Å². The Kier molecular flexibility index (Phi) is 7.28. The maximum absolute atomic E-state index is 12.8. The Balaban J connectivity index is 2.20. The van der Waals surface area contributed by atoms with Crippen molar-refractivity contribution in [2.45, 2.75) is 40.2 Å². The van der Waals surface area contributed by atoms with Crippen molar-refractivity contribution in [1.29, 1.82) is 0 Å². The standard InChI is InChI=1S/C20H28N4O4/c1-12(2)16(25)11-24(8-7-21-13(3)4)18(27)10-15-9-14-5-6-17(26)22-19(14)23-20(15)28/h5-6,9,12-13,21H,7-8,10-11H2,1-4H3,(H2,22,23,26,28). The predicted octanol–water partition coefficient (Wildman–Crippen LogP) is 0.811. The van der Waals surface area contributed by atoms with E-state index < -0.39 is 5.56 Å². The third-order valence-corrected chi connectivity index (χ3v) is 4.43. The number of carbonyl (C=O) groups excluding carboxylic acids is 2. The Morgan fingerprint density at radius 3 is 2.46 bits per heavy atom. The highest BCUT2D eigenvalue weighted by molar-refractivity contribution is 5.88. The first-order valence-electron chi connectivity index (χ1n) is 9.46. The molecule has 0 aliphatic carbocycles. The minimum atomic E-state index is -0.432. The molecule has 0 aromatic carbocycles. The summed E-state index contributed by atoms with van der Waals surface area (Å²) in [4.78, 5) is 55.3. The van der Waals surface area contributed by atoms with Crippen LogP contribution in [0.25, 0.3) is 11.0 Å². The smallest absolute Gasteiger partial charge is 0.253 e. The molecule has 2 heterocycles. The lowest BCUT2D eigenvalue weighted by Gasteiger charge is -2.24. The highest BCUT2D eigenvalue weighted by Gasteiger charge is 2.20. The quantitative estimate of drug-likeness (QED) is 0.588. The van der Waals surface area contributed by atoms with Crippen molar-refractivity contribution < 1.29 is 9.59 Å². The van der Waals surface area contributed by atoms with E-state index in [0.29, 0.717) is 29.7 Å². The molecule has 0 saturated heterocycles. The number of hydrogen-bond acceptors (Lipinski definition) is 5. The van der Waals surface area contributed by atoms with Crippen molar-refractivity contribution in [3.05, 3.63) is 44.5 Å². The maximum atomic E-state index is 12.8. The number of nitrogens with one attached hydrogen (secondary N) is 3. The molecule has 0 saturated carbocycles. The van der Waals surface area contributed by atoms with E-state index in [1.807, 2.05) is 13.8 Å². The average molecular weight is 388 g/mol. The van der Waals surface area contributed by atoms with Crippen LogP contribution in [0, 0.1) is 5.92 Å². The fourth-order valence-electron chi connectivity index (χ4n) is 2.71. The summed E-state index contributed by atoms with van der Waals surface area (Å²) >= 11 is 0. The van der Waals surface area contributed by atoms with E-state index in [9.17, 15) is 19.2 Å². The van der Waals surface area contributed by atoms with Crippen molar-refractivity contribution in [1.82, 2.24) is 20.2 Å². The zero-order valence-corrected chi connectivity index (χ0v) is 16.8. The van der Waals surface area contributed by atoms with Crippen LogP contribution >= 0.6 is 0 Å². The number of pyridine rings is 2. The first-order chi connectivity index (χ1) is 13.2. The molecule has 2 aromatic rings. The monoisotopic (exact) mass is 388 g/mol. The number of amides is 1. The van der Waals surface area contributed by atoms with Gasteiger partial charge in [0.25, 0.3) is 5.56 Å². The number of Topliss-reactive ketones (excluding diaryl/α,β-unsaturated/α-hetero) is 1. The van der Waals surface area contributed by atoms with Gasteiger partial charge in [0.15, 0.2) is 5.78 Å². The molecule has 0 aliphatic heterocycles. The van der Waals surface area contributed by atoms with Gasteiger partial charge in [-0.3, -0.25) is 19.2 Å². The molecule has 8 heteroatoms. The van der Waals surface area contributed by atoms with Gasteiger partial charge in [0.05, 0.1) is 13.0 Å². The van der Waals surface area contributed by atoms with Gasteiger partial charge in [-0.25, -0.2) is 0 Å². The lowest BCUT2D eigenvalue weighted by molar-refractivity contribution is -0.135. The Morgan fingerprint density at radius 2 is 1.82 bits per heavy atom. The molecule has 8 nitrogen and oxygen atoms in total. The summed E-state index contributed by atoms with van der Waals surface area (Å²) in [6, 6.07) is 4.81. The minimum Gasteiger partial charge on any atom is -0.334 e. The van der Waals surface area contributed by atoms with Crippen molar-refractivity contribution in [2.75, 3.05) is 19.6 Å². The van der Waals surface area contributed by atoms with Crippen molar-refractivity contribution in [3.8, 4) is 0 Å². The molecule has 0 aliphatic rings. The van der Waals surface area contributed by atoms with E-state index in [4.69, 9.17) is 0 Å². The van der Waals surface area contributed by atoms with Crippen LogP contribution in [0.1, 0.15) is 33.3 Å². The van der Waals surface area contributed by atoms with Gasteiger partial charge in [-0.05, 0) is 12.1 Å². The van der Waals surface area contributed by atoms with Crippen LogP contribution in [-0.2, 0) is 16.0 Å². The summed E-state index contributed by atoms with van der Waals surface area (Å²) in [5.74, 6) is -0.481. The molecule has 0 bridgehead atoms. The topological polar surface area (TPSA) is 115 Å². The van der Waals surface area contributed by atoms with E-state index in [-0.39, 0.29) is 42.2 Å².